The number of primary amides is 1. The van der Waals surface area contributed by atoms with E-state index < -0.39 is 0 Å². The molecule has 0 bridgehead atoms. The fourth-order valence-corrected chi connectivity index (χ4v) is 3.18. The molecular weight excluding hydrogens is 190 g/mol. The van der Waals surface area contributed by atoms with E-state index in [0.29, 0.717) is 12.0 Å². The molecule has 15 heavy (non-hydrogen) atoms. The van der Waals surface area contributed by atoms with Gasteiger partial charge in [-0.3, -0.25) is 9.69 Å². The van der Waals surface area contributed by atoms with Crippen LogP contribution in [0.3, 0.4) is 0 Å². The summed E-state index contributed by atoms with van der Waals surface area (Å²) < 4.78 is 0. The lowest BCUT2D eigenvalue weighted by Gasteiger charge is -2.59. The summed E-state index contributed by atoms with van der Waals surface area (Å²) in [7, 11) is 0. The number of rotatable bonds is 4. The first-order chi connectivity index (χ1) is 7.15. The highest BCUT2D eigenvalue weighted by Crippen LogP contribution is 2.48. The largest absolute Gasteiger partial charge is 0.369 e. The number of nitrogens with two attached hydrogens (primary N) is 1. The number of hydrogen-bond acceptors (Lipinski definition) is 3. The maximum Gasteiger partial charge on any atom is 0.231 e. The molecule has 3 rings (SSSR count). The average molecular weight is 209 g/mol. The highest BCUT2D eigenvalue weighted by atomic mass is 16.1. The van der Waals surface area contributed by atoms with E-state index in [1.165, 1.54) is 25.7 Å². The number of nitrogens with zero attached hydrogens (tertiary/aromatic N) is 1. The molecule has 3 aliphatic rings. The van der Waals surface area contributed by atoms with Crippen LogP contribution in [0, 0.1) is 5.41 Å². The van der Waals surface area contributed by atoms with E-state index in [0.717, 1.165) is 25.2 Å². The molecule has 0 aromatic carbocycles. The van der Waals surface area contributed by atoms with Crippen molar-refractivity contribution < 1.29 is 4.79 Å². The number of likely N-dealkylation sites (tertiary alicyclic amines) is 1. The summed E-state index contributed by atoms with van der Waals surface area (Å²) in [5.74, 6) is -0.197. The SMILES string of the molecule is NC(=O)CN1CC2(CC(NC3CC3)C2)C1. The molecule has 1 saturated heterocycles. The van der Waals surface area contributed by atoms with Crippen molar-refractivity contribution in [1.29, 1.82) is 0 Å². The van der Waals surface area contributed by atoms with Crippen LogP contribution in [0.1, 0.15) is 25.7 Å². The Morgan fingerprint density at radius 2 is 2.00 bits per heavy atom. The molecule has 0 radical (unpaired) electrons. The summed E-state index contributed by atoms with van der Waals surface area (Å²) in [4.78, 5) is 12.9. The van der Waals surface area contributed by atoms with Crippen molar-refractivity contribution in [3.63, 3.8) is 0 Å². The third-order valence-corrected chi connectivity index (χ3v) is 3.91. The molecular formula is C11H19N3O. The molecule has 4 nitrogen and oxygen atoms in total. The highest BCUT2D eigenvalue weighted by Gasteiger charge is 2.52. The summed E-state index contributed by atoms with van der Waals surface area (Å²) in [5, 5.41) is 3.66. The van der Waals surface area contributed by atoms with Crippen molar-refractivity contribution in [1.82, 2.24) is 10.2 Å². The quantitative estimate of drug-likeness (QED) is 0.667. The molecule has 3 fully saturated rings. The van der Waals surface area contributed by atoms with Crippen LogP contribution in [0.15, 0.2) is 0 Å². The molecule has 1 aliphatic heterocycles. The second kappa shape index (κ2) is 3.19. The van der Waals surface area contributed by atoms with Crippen LogP contribution in [0.25, 0.3) is 0 Å². The van der Waals surface area contributed by atoms with Gasteiger partial charge in [0.2, 0.25) is 5.91 Å². The Morgan fingerprint density at radius 1 is 1.33 bits per heavy atom. The first-order valence-corrected chi connectivity index (χ1v) is 5.92. The van der Waals surface area contributed by atoms with Crippen molar-refractivity contribution in [2.24, 2.45) is 11.1 Å². The van der Waals surface area contributed by atoms with Gasteiger partial charge in [0.25, 0.3) is 0 Å². The molecule has 0 aromatic rings. The van der Waals surface area contributed by atoms with Gasteiger partial charge in [-0.05, 0) is 31.1 Å². The van der Waals surface area contributed by atoms with Crippen molar-refractivity contribution in [3.8, 4) is 0 Å². The Bertz CT molecular complexity index is 274. The minimum absolute atomic E-state index is 0.197. The van der Waals surface area contributed by atoms with Gasteiger partial charge < -0.3 is 11.1 Å². The number of carbonyl (C=O) groups is 1. The van der Waals surface area contributed by atoms with E-state index in [-0.39, 0.29) is 5.91 Å². The van der Waals surface area contributed by atoms with Gasteiger partial charge in [0, 0.05) is 25.2 Å². The van der Waals surface area contributed by atoms with E-state index in [9.17, 15) is 4.79 Å². The van der Waals surface area contributed by atoms with Crippen LogP contribution in [0.5, 0.6) is 0 Å². The highest BCUT2D eigenvalue weighted by molar-refractivity contribution is 5.76. The number of nitrogens with one attached hydrogen (secondary N) is 1. The molecule has 0 unspecified atom stereocenters. The zero-order valence-corrected chi connectivity index (χ0v) is 9.04. The van der Waals surface area contributed by atoms with Crippen molar-refractivity contribution in [2.45, 2.75) is 37.8 Å². The zero-order chi connectivity index (χ0) is 10.5. The molecule has 3 N–H and O–H groups in total. The van der Waals surface area contributed by atoms with E-state index in [1.807, 2.05) is 0 Å². The number of hydrogen-bond donors (Lipinski definition) is 2. The van der Waals surface area contributed by atoms with Gasteiger partial charge in [0.1, 0.15) is 0 Å². The normalized spacial score (nSPS) is 29.9. The van der Waals surface area contributed by atoms with Gasteiger partial charge in [-0.1, -0.05) is 0 Å². The van der Waals surface area contributed by atoms with Crippen LogP contribution in [0.4, 0.5) is 0 Å². The summed E-state index contributed by atoms with van der Waals surface area (Å²) in [5.41, 5.74) is 5.70. The van der Waals surface area contributed by atoms with Crippen LogP contribution < -0.4 is 11.1 Å². The van der Waals surface area contributed by atoms with Crippen LogP contribution in [-0.4, -0.2) is 42.5 Å². The smallest absolute Gasteiger partial charge is 0.231 e. The Balaban J connectivity index is 1.38. The summed E-state index contributed by atoms with van der Waals surface area (Å²) in [6.45, 7) is 2.61. The van der Waals surface area contributed by atoms with Crippen molar-refractivity contribution in [3.05, 3.63) is 0 Å². The Hall–Kier alpha value is -0.610. The molecule has 4 heteroatoms. The zero-order valence-electron chi connectivity index (χ0n) is 9.04. The predicted molar refractivity (Wildman–Crippen MR) is 57.2 cm³/mol. The molecule has 0 atom stereocenters. The maximum absolute atomic E-state index is 10.7. The molecule has 1 amide bonds. The fourth-order valence-electron chi connectivity index (χ4n) is 3.18. The molecule has 84 valence electrons. The van der Waals surface area contributed by atoms with Crippen molar-refractivity contribution >= 4 is 5.91 Å². The summed E-state index contributed by atoms with van der Waals surface area (Å²) in [6.07, 6.45) is 5.35. The summed E-state index contributed by atoms with van der Waals surface area (Å²) in [6, 6.07) is 1.59. The van der Waals surface area contributed by atoms with Crippen molar-refractivity contribution in [2.75, 3.05) is 19.6 Å². The van der Waals surface area contributed by atoms with Gasteiger partial charge in [0.15, 0.2) is 0 Å². The first kappa shape index (κ1) is 9.60. The molecule has 1 spiro atoms. The first-order valence-electron chi connectivity index (χ1n) is 5.92. The minimum atomic E-state index is -0.197. The van der Waals surface area contributed by atoms with Gasteiger partial charge in [-0.2, -0.15) is 0 Å². The van der Waals surface area contributed by atoms with Crippen LogP contribution >= 0.6 is 0 Å². The van der Waals surface area contributed by atoms with Gasteiger partial charge in [-0.25, -0.2) is 0 Å². The topological polar surface area (TPSA) is 58.4 Å². The van der Waals surface area contributed by atoms with E-state index >= 15 is 0 Å². The average Bonchev–Trinajstić information content (AvgIpc) is 2.79. The predicted octanol–water partition coefficient (Wildman–Crippen LogP) is -0.312. The molecule has 2 saturated carbocycles. The second-order valence-corrected chi connectivity index (χ2v) is 5.66. The molecule has 0 aromatic heterocycles. The Labute approximate surface area is 90.2 Å². The number of carbonyl (C=O) groups excluding carboxylic acids is 1. The Morgan fingerprint density at radius 3 is 2.53 bits per heavy atom. The number of amides is 1. The Kier molecular flexibility index (Phi) is 2.04. The lowest BCUT2D eigenvalue weighted by atomic mass is 9.60. The van der Waals surface area contributed by atoms with Gasteiger partial charge in [0.05, 0.1) is 6.54 Å². The third-order valence-electron chi connectivity index (χ3n) is 3.91. The van der Waals surface area contributed by atoms with E-state index in [2.05, 4.69) is 10.2 Å². The maximum atomic E-state index is 10.7. The second-order valence-electron chi connectivity index (χ2n) is 5.66. The summed E-state index contributed by atoms with van der Waals surface area (Å²) >= 11 is 0. The lowest BCUT2D eigenvalue weighted by Crippen LogP contribution is -2.67. The molecule has 1 heterocycles. The van der Waals surface area contributed by atoms with E-state index in [4.69, 9.17) is 5.73 Å². The monoisotopic (exact) mass is 209 g/mol. The van der Waals surface area contributed by atoms with E-state index in [1.54, 1.807) is 0 Å². The third kappa shape index (κ3) is 1.88. The fraction of sp³-hybridized carbons (Fsp3) is 0.909. The minimum Gasteiger partial charge on any atom is -0.369 e. The standard InChI is InChI=1S/C11H19N3O/c12-10(15)5-14-6-11(7-14)3-9(4-11)13-8-1-2-8/h8-9,13H,1-7H2,(H2,12,15). The van der Waals surface area contributed by atoms with Crippen LogP contribution in [0.2, 0.25) is 0 Å². The molecule has 2 aliphatic carbocycles. The van der Waals surface area contributed by atoms with Crippen LogP contribution in [-0.2, 0) is 4.79 Å². The van der Waals surface area contributed by atoms with Gasteiger partial charge >= 0.3 is 0 Å². The van der Waals surface area contributed by atoms with Gasteiger partial charge in [-0.15, -0.1) is 0 Å². The lowest BCUT2D eigenvalue weighted by molar-refractivity contribution is -0.127.